The molecular formula is C20H32O2. The molecule has 0 aromatic heterocycles. The van der Waals surface area contributed by atoms with Gasteiger partial charge in [-0.1, -0.05) is 39.3 Å². The summed E-state index contributed by atoms with van der Waals surface area (Å²) < 4.78 is 12.6. The minimum Gasteiger partial charge on any atom is -0.353 e. The third-order valence-electron chi connectivity index (χ3n) is 8.35. The quantitative estimate of drug-likeness (QED) is 0.662. The fourth-order valence-electron chi connectivity index (χ4n) is 6.69. The second-order valence-corrected chi connectivity index (χ2v) is 9.01. The molecule has 3 aliphatic carbocycles. The average Bonchev–Trinajstić information content (AvgIpc) is 2.85. The van der Waals surface area contributed by atoms with Gasteiger partial charge in [-0.15, -0.1) is 0 Å². The zero-order valence-electron chi connectivity index (χ0n) is 14.6. The highest BCUT2D eigenvalue weighted by Gasteiger charge is 2.73. The van der Waals surface area contributed by atoms with E-state index in [-0.39, 0.29) is 11.7 Å². The van der Waals surface area contributed by atoms with E-state index < -0.39 is 0 Å². The van der Waals surface area contributed by atoms with Gasteiger partial charge in [-0.3, -0.25) is 0 Å². The smallest absolute Gasteiger partial charge is 0.158 e. The van der Waals surface area contributed by atoms with Crippen molar-refractivity contribution in [3.8, 4) is 0 Å². The van der Waals surface area contributed by atoms with Gasteiger partial charge in [0, 0.05) is 17.9 Å². The zero-order chi connectivity index (χ0) is 15.6. The first-order chi connectivity index (χ1) is 10.4. The lowest BCUT2D eigenvalue weighted by Crippen LogP contribution is -2.46. The Labute approximate surface area is 135 Å². The van der Waals surface area contributed by atoms with Crippen molar-refractivity contribution < 1.29 is 9.47 Å². The van der Waals surface area contributed by atoms with Crippen LogP contribution in [0.4, 0.5) is 0 Å². The summed E-state index contributed by atoms with van der Waals surface area (Å²) in [6, 6.07) is 0. The minimum absolute atomic E-state index is 0.0255. The Morgan fingerprint density at radius 3 is 2.59 bits per heavy atom. The number of hydrogen-bond acceptors (Lipinski definition) is 2. The third kappa shape index (κ3) is 1.69. The van der Waals surface area contributed by atoms with Crippen LogP contribution in [0.3, 0.4) is 0 Å². The van der Waals surface area contributed by atoms with Gasteiger partial charge in [0.05, 0.1) is 6.10 Å². The third-order valence-corrected chi connectivity index (χ3v) is 8.35. The molecule has 3 saturated carbocycles. The van der Waals surface area contributed by atoms with Crippen LogP contribution in [0, 0.1) is 22.2 Å². The van der Waals surface area contributed by atoms with E-state index in [1.54, 1.807) is 0 Å². The Balaban J connectivity index is 1.70. The van der Waals surface area contributed by atoms with Crippen LogP contribution in [0.15, 0.2) is 12.2 Å². The Morgan fingerprint density at radius 1 is 1.05 bits per heavy atom. The van der Waals surface area contributed by atoms with Crippen LogP contribution in [0.5, 0.6) is 0 Å². The van der Waals surface area contributed by atoms with E-state index in [2.05, 4.69) is 27.4 Å². The highest BCUT2D eigenvalue weighted by atomic mass is 16.7. The molecule has 1 heterocycles. The summed E-state index contributed by atoms with van der Waals surface area (Å²) in [5.74, 6) is 0.532. The molecule has 4 rings (SSSR count). The molecule has 6 unspecified atom stereocenters. The summed E-state index contributed by atoms with van der Waals surface area (Å²) in [6.45, 7) is 12.9. The molecule has 2 heteroatoms. The van der Waals surface area contributed by atoms with Crippen molar-refractivity contribution in [1.82, 2.24) is 0 Å². The van der Waals surface area contributed by atoms with Crippen molar-refractivity contribution in [2.24, 2.45) is 22.2 Å². The van der Waals surface area contributed by atoms with E-state index in [1.165, 1.54) is 50.5 Å². The van der Waals surface area contributed by atoms with E-state index >= 15 is 0 Å². The van der Waals surface area contributed by atoms with Crippen molar-refractivity contribution >= 4 is 0 Å². The summed E-state index contributed by atoms with van der Waals surface area (Å²) in [5.41, 5.74) is 2.50. The van der Waals surface area contributed by atoms with Crippen LogP contribution in [-0.4, -0.2) is 19.0 Å². The van der Waals surface area contributed by atoms with Crippen LogP contribution >= 0.6 is 0 Å². The lowest BCUT2D eigenvalue weighted by molar-refractivity contribution is -0.222. The molecule has 0 radical (unpaired) electrons. The maximum Gasteiger partial charge on any atom is 0.158 e. The molecule has 4 aliphatic rings. The van der Waals surface area contributed by atoms with Crippen molar-refractivity contribution in [2.75, 3.05) is 6.61 Å². The summed E-state index contributed by atoms with van der Waals surface area (Å²) in [4.78, 5) is 0. The Hall–Kier alpha value is -0.340. The molecule has 4 fully saturated rings. The Morgan fingerprint density at radius 2 is 1.86 bits per heavy atom. The average molecular weight is 304 g/mol. The molecule has 22 heavy (non-hydrogen) atoms. The normalized spacial score (nSPS) is 54.5. The number of ether oxygens (including phenoxy) is 2. The van der Waals surface area contributed by atoms with Gasteiger partial charge in [-0.2, -0.15) is 0 Å². The first-order valence-corrected chi connectivity index (χ1v) is 9.37. The highest BCUT2D eigenvalue weighted by Crippen LogP contribution is 2.77. The molecule has 0 amide bonds. The van der Waals surface area contributed by atoms with Crippen LogP contribution in [-0.2, 0) is 9.47 Å². The monoisotopic (exact) mass is 304 g/mol. The molecule has 0 spiro atoms. The summed E-state index contributed by atoms with van der Waals surface area (Å²) >= 11 is 0. The summed E-state index contributed by atoms with van der Waals surface area (Å²) in [7, 11) is 0. The van der Waals surface area contributed by atoms with E-state index in [4.69, 9.17) is 9.47 Å². The zero-order valence-corrected chi connectivity index (χ0v) is 14.6. The van der Waals surface area contributed by atoms with Gasteiger partial charge in [-0.25, -0.2) is 0 Å². The maximum atomic E-state index is 6.68. The van der Waals surface area contributed by atoms with Gasteiger partial charge < -0.3 is 9.47 Å². The minimum atomic E-state index is 0.0255. The van der Waals surface area contributed by atoms with Gasteiger partial charge in [0.1, 0.15) is 0 Å². The molecule has 124 valence electrons. The topological polar surface area (TPSA) is 18.5 Å². The van der Waals surface area contributed by atoms with Gasteiger partial charge in [0.15, 0.2) is 6.29 Å². The van der Waals surface area contributed by atoms with Gasteiger partial charge in [0.25, 0.3) is 0 Å². The Bertz CT molecular complexity index is 480. The van der Waals surface area contributed by atoms with E-state index in [9.17, 15) is 0 Å². The highest BCUT2D eigenvalue weighted by molar-refractivity contribution is 5.30. The number of hydrogen-bond donors (Lipinski definition) is 0. The van der Waals surface area contributed by atoms with Crippen LogP contribution < -0.4 is 0 Å². The molecule has 6 atom stereocenters. The van der Waals surface area contributed by atoms with Gasteiger partial charge in [-0.05, 0) is 55.8 Å². The standard InChI is InChI=1S/C20H32O2/c1-14-9-12-19(3)17(22-15-8-5-6-13-21-15)16(14)18(2)10-7-11-20(18,19)4/h15-17H,1,5-13H2,2-4H3. The lowest BCUT2D eigenvalue weighted by Gasteiger charge is -2.48. The van der Waals surface area contributed by atoms with Gasteiger partial charge >= 0.3 is 0 Å². The van der Waals surface area contributed by atoms with Crippen LogP contribution in [0.2, 0.25) is 0 Å². The molecule has 1 saturated heterocycles. The second kappa shape index (κ2) is 4.83. The first kappa shape index (κ1) is 15.2. The van der Waals surface area contributed by atoms with Crippen molar-refractivity contribution in [3.63, 3.8) is 0 Å². The molecule has 2 bridgehead atoms. The second-order valence-electron chi connectivity index (χ2n) is 9.01. The van der Waals surface area contributed by atoms with Crippen molar-refractivity contribution in [1.29, 1.82) is 0 Å². The predicted molar refractivity (Wildman–Crippen MR) is 88.5 cm³/mol. The van der Waals surface area contributed by atoms with E-state index in [1.807, 2.05) is 0 Å². The molecule has 2 nitrogen and oxygen atoms in total. The SMILES string of the molecule is C=C1CCC2(C)C(OC3CCCCO3)C1C1(C)CCCC21C. The van der Waals surface area contributed by atoms with E-state index in [0.29, 0.717) is 22.9 Å². The Kier molecular flexibility index (Phi) is 3.34. The first-order valence-electron chi connectivity index (χ1n) is 9.37. The molecular weight excluding hydrogens is 272 g/mol. The fraction of sp³-hybridized carbons (Fsp3) is 0.900. The maximum absolute atomic E-state index is 6.68. The van der Waals surface area contributed by atoms with E-state index in [0.717, 1.165) is 13.0 Å². The summed E-state index contributed by atoms with van der Waals surface area (Å²) in [5, 5.41) is 0. The lowest BCUT2D eigenvalue weighted by atomic mass is 9.59. The van der Waals surface area contributed by atoms with Crippen LogP contribution in [0.25, 0.3) is 0 Å². The van der Waals surface area contributed by atoms with Crippen LogP contribution in [0.1, 0.15) is 72.1 Å². The van der Waals surface area contributed by atoms with Gasteiger partial charge in [0.2, 0.25) is 0 Å². The summed E-state index contributed by atoms with van der Waals surface area (Å²) in [6.07, 6.45) is 10.3. The number of fused-ring (bicyclic) bond motifs is 5. The molecule has 0 N–H and O–H groups in total. The van der Waals surface area contributed by atoms with Crippen molar-refractivity contribution in [2.45, 2.75) is 84.5 Å². The number of rotatable bonds is 2. The molecule has 0 aromatic rings. The largest absolute Gasteiger partial charge is 0.353 e. The predicted octanol–water partition coefficient (Wildman–Crippen LogP) is 5.08. The van der Waals surface area contributed by atoms with Crippen molar-refractivity contribution in [3.05, 3.63) is 12.2 Å². The molecule has 0 aromatic carbocycles. The fourth-order valence-corrected chi connectivity index (χ4v) is 6.69. The molecule has 1 aliphatic heterocycles.